The smallest absolute Gasteiger partial charge is 0.223 e. The van der Waals surface area contributed by atoms with Gasteiger partial charge in [-0.05, 0) is 43.0 Å². The van der Waals surface area contributed by atoms with E-state index < -0.39 is 0 Å². The highest BCUT2D eigenvalue weighted by atomic mass is 16.5. The molecule has 1 aliphatic carbocycles. The maximum atomic E-state index is 12.5. The summed E-state index contributed by atoms with van der Waals surface area (Å²) < 4.78 is 5.30. The van der Waals surface area contributed by atoms with E-state index in [1.54, 1.807) is 7.11 Å². The lowest BCUT2D eigenvalue weighted by atomic mass is 10.0. The Morgan fingerprint density at radius 1 is 1.19 bits per heavy atom. The molecule has 26 heavy (non-hydrogen) atoms. The molecule has 1 saturated carbocycles. The number of carbonyl (C=O) groups is 1. The Balaban J connectivity index is 1.67. The van der Waals surface area contributed by atoms with Gasteiger partial charge in [-0.25, -0.2) is 0 Å². The Labute approximate surface area is 157 Å². The van der Waals surface area contributed by atoms with E-state index in [9.17, 15) is 4.79 Å². The summed E-state index contributed by atoms with van der Waals surface area (Å²) in [6.45, 7) is 10.3. The second-order valence-electron chi connectivity index (χ2n) is 7.63. The number of benzene rings is 1. The lowest BCUT2D eigenvalue weighted by Gasteiger charge is -2.39. The van der Waals surface area contributed by atoms with Gasteiger partial charge in [-0.3, -0.25) is 9.69 Å². The van der Waals surface area contributed by atoms with Crippen molar-refractivity contribution in [2.24, 2.45) is 11.8 Å². The van der Waals surface area contributed by atoms with Gasteiger partial charge in [0, 0.05) is 38.6 Å². The Kier molecular flexibility index (Phi) is 6.54. The van der Waals surface area contributed by atoms with E-state index in [0.29, 0.717) is 12.5 Å². The summed E-state index contributed by atoms with van der Waals surface area (Å²) in [4.78, 5) is 17.5. The summed E-state index contributed by atoms with van der Waals surface area (Å²) in [6.07, 6.45) is 2.41. The fourth-order valence-corrected chi connectivity index (χ4v) is 3.84. The summed E-state index contributed by atoms with van der Waals surface area (Å²) in [5, 5.41) is 3.23. The van der Waals surface area contributed by atoms with Gasteiger partial charge in [-0.15, -0.1) is 0 Å². The van der Waals surface area contributed by atoms with Gasteiger partial charge in [0.05, 0.1) is 13.2 Å². The van der Waals surface area contributed by atoms with E-state index >= 15 is 0 Å². The van der Waals surface area contributed by atoms with Crippen LogP contribution in [0.25, 0.3) is 0 Å². The van der Waals surface area contributed by atoms with Crippen molar-refractivity contribution in [1.29, 1.82) is 0 Å². The van der Waals surface area contributed by atoms with E-state index in [-0.39, 0.29) is 17.9 Å². The molecule has 5 nitrogen and oxygen atoms in total. The number of piperazine rings is 1. The number of rotatable bonds is 8. The topological polar surface area (TPSA) is 44.8 Å². The van der Waals surface area contributed by atoms with Crippen LogP contribution in [0, 0.1) is 11.8 Å². The van der Waals surface area contributed by atoms with E-state index in [2.05, 4.69) is 41.1 Å². The minimum Gasteiger partial charge on any atom is -0.497 e. The van der Waals surface area contributed by atoms with Crippen molar-refractivity contribution in [3.05, 3.63) is 29.8 Å². The molecule has 0 aromatic heterocycles. The van der Waals surface area contributed by atoms with Crippen LogP contribution in [0.4, 0.5) is 0 Å². The molecule has 2 atom stereocenters. The molecule has 1 N–H and O–H groups in total. The van der Waals surface area contributed by atoms with Crippen LogP contribution in [0.3, 0.4) is 0 Å². The Morgan fingerprint density at radius 3 is 2.38 bits per heavy atom. The number of nitrogens with zero attached hydrogens (tertiary/aromatic N) is 2. The van der Waals surface area contributed by atoms with Gasteiger partial charge >= 0.3 is 0 Å². The molecule has 0 spiro atoms. The Morgan fingerprint density at radius 2 is 1.85 bits per heavy atom. The van der Waals surface area contributed by atoms with Crippen LogP contribution in [0.5, 0.6) is 5.75 Å². The van der Waals surface area contributed by atoms with E-state index in [1.807, 2.05) is 12.1 Å². The third kappa shape index (κ3) is 4.77. The minimum atomic E-state index is 0.142. The quantitative estimate of drug-likeness (QED) is 0.775. The average molecular weight is 360 g/mol. The zero-order chi connectivity index (χ0) is 18.5. The summed E-state index contributed by atoms with van der Waals surface area (Å²) in [6, 6.07) is 8.51. The third-order valence-electron chi connectivity index (χ3n) is 6.01. The SMILES string of the molecule is CCN1CCN(C(CNC(=O)C(C)C2CC2)c2ccc(OC)cc2)CC1. The van der Waals surface area contributed by atoms with Crippen LogP contribution < -0.4 is 10.1 Å². The zero-order valence-electron chi connectivity index (χ0n) is 16.4. The highest BCUT2D eigenvalue weighted by molar-refractivity contribution is 5.78. The Bertz CT molecular complexity index is 577. The van der Waals surface area contributed by atoms with E-state index in [0.717, 1.165) is 38.5 Å². The van der Waals surface area contributed by atoms with Crippen molar-refractivity contribution in [2.75, 3.05) is 46.4 Å². The molecule has 1 aliphatic heterocycles. The predicted octanol–water partition coefficient (Wildman–Crippen LogP) is 2.54. The van der Waals surface area contributed by atoms with Gasteiger partial charge in [0.25, 0.3) is 0 Å². The maximum absolute atomic E-state index is 12.5. The van der Waals surface area contributed by atoms with Crippen LogP contribution in [-0.2, 0) is 4.79 Å². The number of amides is 1. The second-order valence-corrected chi connectivity index (χ2v) is 7.63. The van der Waals surface area contributed by atoms with Gasteiger partial charge in [0.1, 0.15) is 5.75 Å². The first-order valence-corrected chi connectivity index (χ1v) is 10.0. The zero-order valence-corrected chi connectivity index (χ0v) is 16.4. The first-order chi connectivity index (χ1) is 12.6. The molecule has 1 aromatic carbocycles. The van der Waals surface area contributed by atoms with Crippen LogP contribution in [-0.4, -0.2) is 62.1 Å². The van der Waals surface area contributed by atoms with Gasteiger partial charge in [-0.1, -0.05) is 26.0 Å². The lowest BCUT2D eigenvalue weighted by Crippen LogP contribution is -2.50. The molecule has 0 radical (unpaired) electrons. The lowest BCUT2D eigenvalue weighted by molar-refractivity contribution is -0.125. The minimum absolute atomic E-state index is 0.142. The van der Waals surface area contributed by atoms with Crippen LogP contribution in [0.2, 0.25) is 0 Å². The van der Waals surface area contributed by atoms with Gasteiger partial charge < -0.3 is 15.0 Å². The van der Waals surface area contributed by atoms with E-state index in [1.165, 1.54) is 18.4 Å². The Hall–Kier alpha value is -1.59. The molecule has 2 aliphatic rings. The van der Waals surface area contributed by atoms with Crippen LogP contribution in [0.15, 0.2) is 24.3 Å². The van der Waals surface area contributed by atoms with Crippen LogP contribution in [0.1, 0.15) is 38.3 Å². The second kappa shape index (κ2) is 8.87. The van der Waals surface area contributed by atoms with Crippen molar-refractivity contribution in [2.45, 2.75) is 32.7 Å². The van der Waals surface area contributed by atoms with Gasteiger partial charge in [0.15, 0.2) is 0 Å². The van der Waals surface area contributed by atoms with Crippen molar-refractivity contribution in [3.63, 3.8) is 0 Å². The molecule has 1 aromatic rings. The van der Waals surface area contributed by atoms with Gasteiger partial charge in [-0.2, -0.15) is 0 Å². The molecular weight excluding hydrogens is 326 g/mol. The third-order valence-corrected chi connectivity index (χ3v) is 6.01. The monoisotopic (exact) mass is 359 g/mol. The molecule has 5 heteroatoms. The first kappa shape index (κ1) is 19.2. The number of hydrogen-bond donors (Lipinski definition) is 1. The van der Waals surface area contributed by atoms with Crippen molar-refractivity contribution >= 4 is 5.91 Å². The number of methoxy groups -OCH3 is 1. The first-order valence-electron chi connectivity index (χ1n) is 10.0. The predicted molar refractivity (Wildman–Crippen MR) is 104 cm³/mol. The maximum Gasteiger partial charge on any atom is 0.223 e. The molecule has 1 saturated heterocycles. The van der Waals surface area contributed by atoms with Crippen molar-refractivity contribution < 1.29 is 9.53 Å². The molecule has 2 unspecified atom stereocenters. The molecule has 3 rings (SSSR count). The van der Waals surface area contributed by atoms with Crippen molar-refractivity contribution in [1.82, 2.24) is 15.1 Å². The number of ether oxygens (including phenoxy) is 1. The fourth-order valence-electron chi connectivity index (χ4n) is 3.84. The molecule has 0 bridgehead atoms. The summed E-state index contributed by atoms with van der Waals surface area (Å²) in [5.74, 6) is 1.82. The molecule has 1 amide bonds. The normalized spacial score (nSPS) is 21.2. The van der Waals surface area contributed by atoms with Crippen LogP contribution >= 0.6 is 0 Å². The largest absolute Gasteiger partial charge is 0.497 e. The standard InChI is InChI=1S/C21H33N3O2/c1-4-23-11-13-24(14-12-23)20(18-7-9-19(26-3)10-8-18)15-22-21(25)16(2)17-5-6-17/h7-10,16-17,20H,4-6,11-15H2,1-3H3,(H,22,25). The number of carbonyl (C=O) groups excluding carboxylic acids is 1. The highest BCUT2D eigenvalue weighted by Gasteiger charge is 2.33. The van der Waals surface area contributed by atoms with E-state index in [4.69, 9.17) is 4.74 Å². The molecule has 2 fully saturated rings. The fraction of sp³-hybridized carbons (Fsp3) is 0.667. The molecule has 144 valence electrons. The number of hydrogen-bond acceptors (Lipinski definition) is 4. The summed E-state index contributed by atoms with van der Waals surface area (Å²) in [7, 11) is 1.69. The average Bonchev–Trinajstić information content (AvgIpc) is 3.53. The number of nitrogens with one attached hydrogen (secondary N) is 1. The molecule has 1 heterocycles. The summed E-state index contributed by atoms with van der Waals surface area (Å²) >= 11 is 0. The summed E-state index contributed by atoms with van der Waals surface area (Å²) in [5.41, 5.74) is 1.25. The highest BCUT2D eigenvalue weighted by Crippen LogP contribution is 2.36. The van der Waals surface area contributed by atoms with Gasteiger partial charge in [0.2, 0.25) is 5.91 Å². The molecular formula is C21H33N3O2. The van der Waals surface area contributed by atoms with Crippen molar-refractivity contribution in [3.8, 4) is 5.75 Å². The number of likely N-dealkylation sites (N-methyl/N-ethyl adjacent to an activating group) is 1.